The minimum atomic E-state index is -4.15. The van der Waals surface area contributed by atoms with Crippen LogP contribution in [0, 0.1) is 27.7 Å². The largest absolute Gasteiger partial charge is 0.352 e. The van der Waals surface area contributed by atoms with Gasteiger partial charge < -0.3 is 10.2 Å². The van der Waals surface area contributed by atoms with E-state index in [1.807, 2.05) is 102 Å². The van der Waals surface area contributed by atoms with Gasteiger partial charge in [0.05, 0.1) is 10.6 Å². The molecule has 4 aromatic carbocycles. The van der Waals surface area contributed by atoms with Crippen molar-refractivity contribution in [1.82, 2.24) is 10.2 Å². The van der Waals surface area contributed by atoms with Gasteiger partial charge in [-0.15, -0.1) is 0 Å². The minimum absolute atomic E-state index is 0.0879. The number of sulfonamides is 1. The number of nitrogens with zero attached hydrogens (tertiary/aromatic N) is 2. The van der Waals surface area contributed by atoms with Crippen LogP contribution in [-0.4, -0.2) is 43.8 Å². The molecule has 7 nitrogen and oxygen atoms in total. The van der Waals surface area contributed by atoms with Gasteiger partial charge in [-0.25, -0.2) is 8.42 Å². The van der Waals surface area contributed by atoms with E-state index in [1.54, 1.807) is 41.3 Å². The lowest BCUT2D eigenvalue weighted by Gasteiger charge is -2.34. The molecular weight excluding hydrogens is 595 g/mol. The summed E-state index contributed by atoms with van der Waals surface area (Å²) < 4.78 is 29.7. The molecule has 0 heterocycles. The fraction of sp³-hybridized carbons (Fsp3) is 0.316. The summed E-state index contributed by atoms with van der Waals surface area (Å²) in [5.41, 5.74) is 5.97. The van der Waals surface area contributed by atoms with Crippen LogP contribution in [0.2, 0.25) is 0 Å². The Hall–Kier alpha value is -4.43. The average molecular weight is 640 g/mol. The molecule has 0 aliphatic heterocycles. The molecule has 1 N–H and O–H groups in total. The fourth-order valence-electron chi connectivity index (χ4n) is 5.21. The SMILES string of the molecule is CC[C@H](C)NC(=O)[C@H](Cc1ccccc1)N(Cc1ccccc1C)C(=O)CN(c1ccc(C)c(C)c1)S(=O)(=O)c1ccc(C)cc1. The fourth-order valence-corrected chi connectivity index (χ4v) is 6.62. The van der Waals surface area contributed by atoms with Crippen LogP contribution in [0.1, 0.15) is 53.6 Å². The maximum absolute atomic E-state index is 14.7. The molecule has 4 rings (SSSR count). The summed E-state index contributed by atoms with van der Waals surface area (Å²) >= 11 is 0. The van der Waals surface area contributed by atoms with Gasteiger partial charge in [-0.2, -0.15) is 0 Å². The van der Waals surface area contributed by atoms with E-state index in [1.165, 1.54) is 4.31 Å². The molecular formula is C38H45N3O4S. The lowest BCUT2D eigenvalue weighted by molar-refractivity contribution is -0.140. The summed E-state index contributed by atoms with van der Waals surface area (Å²) in [5.74, 6) is -0.753. The average Bonchev–Trinajstić information content (AvgIpc) is 3.04. The number of rotatable bonds is 13. The topological polar surface area (TPSA) is 86.8 Å². The number of anilines is 1. The Labute approximate surface area is 274 Å². The highest BCUT2D eigenvalue weighted by Crippen LogP contribution is 2.27. The van der Waals surface area contributed by atoms with E-state index in [9.17, 15) is 18.0 Å². The first-order valence-electron chi connectivity index (χ1n) is 15.8. The second-order valence-electron chi connectivity index (χ2n) is 12.1. The summed E-state index contributed by atoms with van der Waals surface area (Å²) in [6.45, 7) is 11.3. The number of aryl methyl sites for hydroxylation is 4. The molecule has 0 aliphatic rings. The van der Waals surface area contributed by atoms with E-state index in [0.29, 0.717) is 5.69 Å². The maximum atomic E-state index is 14.7. The van der Waals surface area contributed by atoms with Gasteiger partial charge in [-0.3, -0.25) is 13.9 Å². The van der Waals surface area contributed by atoms with Crippen molar-refractivity contribution in [2.24, 2.45) is 0 Å². The van der Waals surface area contributed by atoms with Gasteiger partial charge in [0.25, 0.3) is 10.0 Å². The molecule has 0 aliphatic carbocycles. The van der Waals surface area contributed by atoms with Crippen LogP contribution in [0.4, 0.5) is 5.69 Å². The Morgan fingerprint density at radius 3 is 2.07 bits per heavy atom. The molecule has 0 aromatic heterocycles. The maximum Gasteiger partial charge on any atom is 0.264 e. The van der Waals surface area contributed by atoms with Crippen molar-refractivity contribution in [2.75, 3.05) is 10.8 Å². The van der Waals surface area contributed by atoms with Crippen molar-refractivity contribution >= 4 is 27.5 Å². The van der Waals surface area contributed by atoms with E-state index in [4.69, 9.17) is 0 Å². The van der Waals surface area contributed by atoms with Crippen molar-refractivity contribution in [2.45, 2.75) is 77.9 Å². The van der Waals surface area contributed by atoms with Gasteiger partial charge >= 0.3 is 0 Å². The first kappa shape index (κ1) is 34.4. The molecule has 0 saturated heterocycles. The molecule has 0 unspecified atom stereocenters. The molecule has 0 bridgehead atoms. The highest BCUT2D eigenvalue weighted by atomic mass is 32.2. The number of nitrogens with one attached hydrogen (secondary N) is 1. The molecule has 0 fully saturated rings. The van der Waals surface area contributed by atoms with E-state index >= 15 is 0 Å². The summed E-state index contributed by atoms with van der Waals surface area (Å²) in [6.07, 6.45) is 1.000. The third-order valence-corrected chi connectivity index (χ3v) is 10.3. The van der Waals surface area contributed by atoms with Crippen LogP contribution in [0.5, 0.6) is 0 Å². The highest BCUT2D eigenvalue weighted by molar-refractivity contribution is 7.92. The van der Waals surface area contributed by atoms with Gasteiger partial charge in [0, 0.05) is 19.0 Å². The third kappa shape index (κ3) is 8.43. The zero-order valence-corrected chi connectivity index (χ0v) is 28.5. The Kier molecular flexibility index (Phi) is 11.4. The van der Waals surface area contributed by atoms with Crippen molar-refractivity contribution in [3.63, 3.8) is 0 Å². The summed E-state index contributed by atoms with van der Waals surface area (Å²) in [5, 5.41) is 3.08. The van der Waals surface area contributed by atoms with E-state index < -0.39 is 28.5 Å². The molecule has 4 aromatic rings. The Morgan fingerprint density at radius 2 is 1.43 bits per heavy atom. The number of carbonyl (C=O) groups excluding carboxylic acids is 2. The normalized spacial score (nSPS) is 12.7. The Balaban J connectivity index is 1.83. The number of hydrogen-bond donors (Lipinski definition) is 1. The highest BCUT2D eigenvalue weighted by Gasteiger charge is 2.35. The van der Waals surface area contributed by atoms with E-state index in [2.05, 4.69) is 5.32 Å². The van der Waals surface area contributed by atoms with Gasteiger partial charge in [-0.1, -0.05) is 85.3 Å². The minimum Gasteiger partial charge on any atom is -0.352 e. The van der Waals surface area contributed by atoms with Crippen molar-refractivity contribution in [3.8, 4) is 0 Å². The van der Waals surface area contributed by atoms with Crippen LogP contribution in [0.15, 0.2) is 102 Å². The lowest BCUT2D eigenvalue weighted by Crippen LogP contribution is -2.54. The molecule has 0 saturated carbocycles. The van der Waals surface area contributed by atoms with Gasteiger partial charge in [0.2, 0.25) is 11.8 Å². The first-order chi connectivity index (χ1) is 21.9. The van der Waals surface area contributed by atoms with Crippen LogP contribution < -0.4 is 9.62 Å². The number of carbonyl (C=O) groups is 2. The Bertz CT molecular complexity index is 1750. The second kappa shape index (κ2) is 15.2. The monoisotopic (exact) mass is 639 g/mol. The van der Waals surface area contributed by atoms with Gasteiger partial charge in [0.1, 0.15) is 12.6 Å². The predicted molar refractivity (Wildman–Crippen MR) is 185 cm³/mol. The second-order valence-corrected chi connectivity index (χ2v) is 13.9. The third-order valence-electron chi connectivity index (χ3n) is 8.54. The summed E-state index contributed by atoms with van der Waals surface area (Å²) in [4.78, 5) is 30.3. The smallest absolute Gasteiger partial charge is 0.264 e. The predicted octanol–water partition coefficient (Wildman–Crippen LogP) is 6.67. The molecule has 0 spiro atoms. The standard InChI is InChI=1S/C38H45N3O4S/c1-7-31(6)39-38(43)36(24-32-14-9-8-10-15-32)40(25-33-16-12-11-13-29(33)4)37(42)26-41(34-20-19-28(3)30(5)23-34)46(44,45)35-21-17-27(2)18-22-35/h8-23,31,36H,7,24-26H2,1-6H3,(H,39,43)/t31-,36-/m0/s1. The molecule has 242 valence electrons. The number of amides is 2. The van der Waals surface area contributed by atoms with E-state index in [0.717, 1.165) is 39.8 Å². The van der Waals surface area contributed by atoms with E-state index in [-0.39, 0.29) is 29.8 Å². The Morgan fingerprint density at radius 1 is 0.783 bits per heavy atom. The molecule has 8 heteroatoms. The number of hydrogen-bond acceptors (Lipinski definition) is 4. The molecule has 0 radical (unpaired) electrons. The van der Waals surface area contributed by atoms with Crippen LogP contribution in [0.25, 0.3) is 0 Å². The van der Waals surface area contributed by atoms with Crippen LogP contribution in [0.3, 0.4) is 0 Å². The van der Waals surface area contributed by atoms with Crippen molar-refractivity contribution in [1.29, 1.82) is 0 Å². The van der Waals surface area contributed by atoms with Crippen LogP contribution >= 0.6 is 0 Å². The lowest BCUT2D eigenvalue weighted by atomic mass is 10.0. The first-order valence-corrected chi connectivity index (χ1v) is 17.2. The van der Waals surface area contributed by atoms with Gasteiger partial charge in [0.15, 0.2) is 0 Å². The summed E-state index contributed by atoms with van der Waals surface area (Å²) in [7, 11) is -4.15. The van der Waals surface area contributed by atoms with Gasteiger partial charge in [-0.05, 0) is 93.1 Å². The number of benzene rings is 4. The zero-order valence-electron chi connectivity index (χ0n) is 27.7. The van der Waals surface area contributed by atoms with Crippen molar-refractivity contribution in [3.05, 3.63) is 130 Å². The quantitative estimate of drug-likeness (QED) is 0.177. The molecule has 2 atom stereocenters. The zero-order chi connectivity index (χ0) is 33.4. The summed E-state index contributed by atoms with van der Waals surface area (Å²) in [6, 6.07) is 28.3. The van der Waals surface area contributed by atoms with Crippen molar-refractivity contribution < 1.29 is 18.0 Å². The van der Waals surface area contributed by atoms with Crippen LogP contribution in [-0.2, 0) is 32.6 Å². The molecule has 46 heavy (non-hydrogen) atoms. The molecule has 2 amide bonds.